The van der Waals surface area contributed by atoms with Gasteiger partial charge in [0.1, 0.15) is 17.3 Å². The molecule has 0 atom stereocenters. The Kier molecular flexibility index (Phi) is 5.75. The molecule has 0 aliphatic carbocycles. The van der Waals surface area contributed by atoms with Gasteiger partial charge in [0.15, 0.2) is 21.4 Å². The van der Waals surface area contributed by atoms with Gasteiger partial charge in [-0.1, -0.05) is 6.58 Å². The summed E-state index contributed by atoms with van der Waals surface area (Å²) in [5.41, 5.74) is 0.711. The van der Waals surface area contributed by atoms with Crippen LogP contribution < -0.4 is 15.6 Å². The number of aryl methyl sites for hydroxylation is 1. The highest BCUT2D eigenvalue weighted by Crippen LogP contribution is 2.36. The van der Waals surface area contributed by atoms with Gasteiger partial charge in [0.25, 0.3) is 5.56 Å². The van der Waals surface area contributed by atoms with Gasteiger partial charge in [-0.15, -0.1) is 0 Å². The second kappa shape index (κ2) is 8.11. The summed E-state index contributed by atoms with van der Waals surface area (Å²) in [4.78, 5) is 12.1. The SMILES string of the molecule is C=CS(=O)(=O)c1ccc(Oc2ccc(F)cc2F)c(-c2cc(NC)c(=O)n(C)c2)c1. The molecule has 2 aromatic carbocycles. The van der Waals surface area contributed by atoms with Crippen LogP contribution in [0.3, 0.4) is 0 Å². The molecule has 1 heterocycles. The van der Waals surface area contributed by atoms with E-state index in [0.29, 0.717) is 11.6 Å². The predicted molar refractivity (Wildman–Crippen MR) is 110 cm³/mol. The molecular weight excluding hydrogens is 414 g/mol. The van der Waals surface area contributed by atoms with E-state index in [2.05, 4.69) is 11.9 Å². The predicted octanol–water partition coefficient (Wildman–Crippen LogP) is 4.08. The zero-order valence-corrected chi connectivity index (χ0v) is 17.0. The third-order valence-corrected chi connectivity index (χ3v) is 5.73. The Morgan fingerprint density at radius 1 is 1.10 bits per heavy atom. The van der Waals surface area contributed by atoms with Gasteiger partial charge in [0, 0.05) is 42.9 Å². The first-order valence-electron chi connectivity index (χ1n) is 8.69. The fourth-order valence-corrected chi connectivity index (χ4v) is 3.54. The number of hydrogen-bond acceptors (Lipinski definition) is 5. The lowest BCUT2D eigenvalue weighted by Gasteiger charge is -2.15. The largest absolute Gasteiger partial charge is 0.454 e. The van der Waals surface area contributed by atoms with E-state index in [-0.39, 0.29) is 33.2 Å². The quantitative estimate of drug-likeness (QED) is 0.635. The summed E-state index contributed by atoms with van der Waals surface area (Å²) >= 11 is 0. The van der Waals surface area contributed by atoms with Crippen LogP contribution in [0, 0.1) is 11.6 Å². The molecule has 0 bridgehead atoms. The Balaban J connectivity index is 2.24. The van der Waals surface area contributed by atoms with Gasteiger partial charge in [-0.25, -0.2) is 17.2 Å². The van der Waals surface area contributed by atoms with Gasteiger partial charge in [0.05, 0.1) is 4.90 Å². The summed E-state index contributed by atoms with van der Waals surface area (Å²) in [5, 5.41) is 3.59. The lowest BCUT2D eigenvalue weighted by Crippen LogP contribution is -2.19. The molecule has 0 aliphatic rings. The Labute approximate surface area is 172 Å². The van der Waals surface area contributed by atoms with E-state index in [9.17, 15) is 22.0 Å². The second-order valence-corrected chi connectivity index (χ2v) is 8.25. The van der Waals surface area contributed by atoms with Gasteiger partial charge in [-0.3, -0.25) is 4.79 Å². The van der Waals surface area contributed by atoms with E-state index < -0.39 is 21.5 Å². The molecule has 9 heteroatoms. The number of nitrogens with one attached hydrogen (secondary N) is 1. The topological polar surface area (TPSA) is 77.4 Å². The average molecular weight is 432 g/mol. The van der Waals surface area contributed by atoms with E-state index >= 15 is 0 Å². The van der Waals surface area contributed by atoms with Gasteiger partial charge in [0.2, 0.25) is 0 Å². The highest BCUT2D eigenvalue weighted by atomic mass is 32.2. The number of halogens is 2. The van der Waals surface area contributed by atoms with Crippen LogP contribution in [0.4, 0.5) is 14.5 Å². The maximum absolute atomic E-state index is 14.1. The summed E-state index contributed by atoms with van der Waals surface area (Å²) in [7, 11) is -0.653. The van der Waals surface area contributed by atoms with Crippen LogP contribution in [0.2, 0.25) is 0 Å². The van der Waals surface area contributed by atoms with Crippen LogP contribution in [0.5, 0.6) is 11.5 Å². The van der Waals surface area contributed by atoms with Gasteiger partial charge in [-0.2, -0.15) is 0 Å². The lowest BCUT2D eigenvalue weighted by molar-refractivity contribution is 0.438. The van der Waals surface area contributed by atoms with Crippen molar-refractivity contribution in [1.82, 2.24) is 4.57 Å². The van der Waals surface area contributed by atoms with Crippen LogP contribution >= 0.6 is 0 Å². The van der Waals surface area contributed by atoms with E-state index in [1.807, 2.05) is 0 Å². The first-order chi connectivity index (χ1) is 14.2. The van der Waals surface area contributed by atoms with Crippen LogP contribution in [0.1, 0.15) is 0 Å². The minimum Gasteiger partial charge on any atom is -0.454 e. The third kappa shape index (κ3) is 4.11. The first-order valence-corrected chi connectivity index (χ1v) is 10.2. The number of sulfone groups is 1. The molecule has 0 aliphatic heterocycles. The minimum atomic E-state index is -3.77. The van der Waals surface area contributed by atoms with Crippen LogP contribution in [-0.4, -0.2) is 20.0 Å². The maximum Gasteiger partial charge on any atom is 0.273 e. The molecule has 0 fully saturated rings. The van der Waals surface area contributed by atoms with Crippen molar-refractivity contribution >= 4 is 15.5 Å². The van der Waals surface area contributed by atoms with Crippen LogP contribution in [0.25, 0.3) is 11.1 Å². The van der Waals surface area contributed by atoms with E-state index in [1.54, 1.807) is 7.05 Å². The molecule has 0 spiro atoms. The molecule has 0 saturated carbocycles. The summed E-state index contributed by atoms with van der Waals surface area (Å²) < 4.78 is 58.8. The zero-order valence-electron chi connectivity index (χ0n) is 16.1. The Morgan fingerprint density at radius 3 is 2.43 bits per heavy atom. The summed E-state index contributed by atoms with van der Waals surface area (Å²) in [5.74, 6) is -1.80. The minimum absolute atomic E-state index is 0.0562. The molecule has 1 aromatic heterocycles. The lowest BCUT2D eigenvalue weighted by atomic mass is 10.1. The fraction of sp³-hybridized carbons (Fsp3) is 0.0952. The summed E-state index contributed by atoms with van der Waals surface area (Å²) in [6, 6.07) is 8.36. The number of aromatic nitrogens is 1. The van der Waals surface area contributed by atoms with Crippen LogP contribution in [0.15, 0.2) is 70.3 Å². The molecule has 0 saturated heterocycles. The first kappa shape index (κ1) is 21.3. The summed E-state index contributed by atoms with van der Waals surface area (Å²) in [6.45, 7) is 3.31. The summed E-state index contributed by atoms with van der Waals surface area (Å²) in [6.07, 6.45) is 1.50. The molecule has 1 N–H and O–H groups in total. The average Bonchev–Trinajstić information content (AvgIpc) is 2.72. The van der Waals surface area contributed by atoms with Crippen molar-refractivity contribution in [3.8, 4) is 22.6 Å². The number of rotatable bonds is 6. The normalized spacial score (nSPS) is 11.2. The zero-order chi connectivity index (χ0) is 22.1. The number of hydrogen-bond donors (Lipinski definition) is 1. The molecule has 0 unspecified atom stereocenters. The molecular formula is C21H18F2N2O4S. The fourth-order valence-electron chi connectivity index (χ4n) is 2.81. The molecule has 0 radical (unpaired) electrons. The van der Waals surface area contributed by atoms with Crippen molar-refractivity contribution in [3.05, 3.63) is 82.6 Å². The van der Waals surface area contributed by atoms with E-state index in [0.717, 1.165) is 17.5 Å². The molecule has 3 rings (SSSR count). The number of pyridine rings is 1. The van der Waals surface area contributed by atoms with Gasteiger partial charge < -0.3 is 14.6 Å². The number of ether oxygens (including phenoxy) is 1. The Hall–Kier alpha value is -3.46. The molecule has 3 aromatic rings. The maximum atomic E-state index is 14.1. The molecule has 156 valence electrons. The van der Waals surface area contributed by atoms with Crippen LogP contribution in [-0.2, 0) is 16.9 Å². The highest BCUT2D eigenvalue weighted by molar-refractivity contribution is 7.94. The molecule has 30 heavy (non-hydrogen) atoms. The van der Waals surface area contributed by atoms with Crippen molar-refractivity contribution in [2.24, 2.45) is 7.05 Å². The number of nitrogens with zero attached hydrogens (tertiary/aromatic N) is 1. The smallest absolute Gasteiger partial charge is 0.273 e. The Bertz CT molecular complexity index is 1300. The Morgan fingerprint density at radius 2 is 1.80 bits per heavy atom. The number of anilines is 1. The van der Waals surface area contributed by atoms with Crippen molar-refractivity contribution in [3.63, 3.8) is 0 Å². The van der Waals surface area contributed by atoms with Gasteiger partial charge >= 0.3 is 0 Å². The van der Waals surface area contributed by atoms with Crippen molar-refractivity contribution < 1.29 is 21.9 Å². The monoisotopic (exact) mass is 432 g/mol. The van der Waals surface area contributed by atoms with Crippen molar-refractivity contribution in [2.45, 2.75) is 4.90 Å². The highest BCUT2D eigenvalue weighted by Gasteiger charge is 2.18. The molecule has 0 amide bonds. The van der Waals surface area contributed by atoms with Gasteiger partial charge in [-0.05, 0) is 36.4 Å². The third-order valence-electron chi connectivity index (χ3n) is 4.38. The number of benzene rings is 2. The standard InChI is InChI=1S/C21H18F2N2O4S/c1-4-30(27,28)15-6-8-19(29-20-7-5-14(22)10-17(20)23)16(11-15)13-9-18(24-2)21(26)25(3)12-13/h4-12,24H,1H2,2-3H3. The van der Waals surface area contributed by atoms with E-state index in [1.165, 1.54) is 42.1 Å². The van der Waals surface area contributed by atoms with Crippen molar-refractivity contribution in [1.29, 1.82) is 0 Å². The molecule has 6 nitrogen and oxygen atoms in total. The second-order valence-electron chi connectivity index (χ2n) is 6.35. The van der Waals surface area contributed by atoms with E-state index in [4.69, 9.17) is 4.74 Å². The van der Waals surface area contributed by atoms with Crippen molar-refractivity contribution in [2.75, 3.05) is 12.4 Å².